The van der Waals surface area contributed by atoms with Crippen LogP contribution in [0.3, 0.4) is 0 Å². The van der Waals surface area contributed by atoms with E-state index in [0.717, 1.165) is 0 Å². The van der Waals surface area contributed by atoms with Crippen molar-refractivity contribution in [1.29, 1.82) is 0 Å². The zero-order valence-corrected chi connectivity index (χ0v) is 8.22. The fourth-order valence-corrected chi connectivity index (χ4v) is 0.680. The van der Waals surface area contributed by atoms with Gasteiger partial charge in [0.1, 0.15) is 5.60 Å². The molecule has 0 rings (SSSR count). The molecule has 1 amide bonds. The van der Waals surface area contributed by atoms with Crippen molar-refractivity contribution in [2.45, 2.75) is 39.2 Å². The summed E-state index contributed by atoms with van der Waals surface area (Å²) in [6.07, 6.45) is 0.117. The second-order valence-corrected chi connectivity index (χ2v) is 3.65. The number of hydrogen-bond donors (Lipinski definition) is 2. The second kappa shape index (κ2) is 4.81. The lowest BCUT2D eigenvalue weighted by Gasteiger charge is -2.19. The van der Waals surface area contributed by atoms with Crippen molar-refractivity contribution < 1.29 is 14.3 Å². The zero-order valence-electron chi connectivity index (χ0n) is 8.22. The second-order valence-electron chi connectivity index (χ2n) is 3.65. The van der Waals surface area contributed by atoms with Crippen LogP contribution in [0.5, 0.6) is 0 Å². The highest BCUT2D eigenvalue weighted by atomic mass is 16.6. The summed E-state index contributed by atoms with van der Waals surface area (Å²) in [6.45, 7) is 5.32. The van der Waals surface area contributed by atoms with Crippen molar-refractivity contribution in [2.75, 3.05) is 0 Å². The summed E-state index contributed by atoms with van der Waals surface area (Å²) in [5.41, 5.74) is 1.43. The van der Waals surface area contributed by atoms with Crippen molar-refractivity contribution in [3.63, 3.8) is 0 Å². The van der Waals surface area contributed by atoms with Gasteiger partial charge in [0.25, 0.3) is 0 Å². The standard InChI is InChI=1S/C8H16N2O3/c1-8(2,3)13-7(12)5-4-6(11)10-9/h4-5,9H2,1-3H3,(H,10,11). The van der Waals surface area contributed by atoms with E-state index in [9.17, 15) is 9.59 Å². The van der Waals surface area contributed by atoms with E-state index in [2.05, 4.69) is 0 Å². The quantitative estimate of drug-likeness (QED) is 0.285. The van der Waals surface area contributed by atoms with Gasteiger partial charge in [-0.15, -0.1) is 0 Å². The van der Waals surface area contributed by atoms with Gasteiger partial charge in [0.2, 0.25) is 5.91 Å². The molecule has 0 spiro atoms. The third kappa shape index (κ3) is 7.27. The molecule has 0 unspecified atom stereocenters. The predicted molar refractivity (Wildman–Crippen MR) is 47.4 cm³/mol. The summed E-state index contributed by atoms with van der Waals surface area (Å²) in [4.78, 5) is 21.7. The Morgan fingerprint density at radius 1 is 1.31 bits per heavy atom. The first-order chi connectivity index (χ1) is 5.85. The van der Waals surface area contributed by atoms with Crippen molar-refractivity contribution in [2.24, 2.45) is 5.84 Å². The van der Waals surface area contributed by atoms with Crippen LogP contribution in [0.2, 0.25) is 0 Å². The summed E-state index contributed by atoms with van der Waals surface area (Å²) in [7, 11) is 0. The van der Waals surface area contributed by atoms with Gasteiger partial charge in [0.15, 0.2) is 0 Å². The minimum absolute atomic E-state index is 0.0559. The van der Waals surface area contributed by atoms with Gasteiger partial charge in [-0.25, -0.2) is 5.84 Å². The van der Waals surface area contributed by atoms with Crippen LogP contribution in [0.4, 0.5) is 0 Å². The number of ether oxygens (including phenoxy) is 1. The number of hydrazine groups is 1. The minimum atomic E-state index is -0.504. The number of rotatable bonds is 3. The highest BCUT2D eigenvalue weighted by Gasteiger charge is 2.16. The van der Waals surface area contributed by atoms with Crippen LogP contribution >= 0.6 is 0 Å². The van der Waals surface area contributed by atoms with E-state index in [-0.39, 0.29) is 18.7 Å². The van der Waals surface area contributed by atoms with Gasteiger partial charge in [-0.3, -0.25) is 15.0 Å². The van der Waals surface area contributed by atoms with Gasteiger partial charge >= 0.3 is 5.97 Å². The van der Waals surface area contributed by atoms with E-state index in [0.29, 0.717) is 0 Å². The highest BCUT2D eigenvalue weighted by molar-refractivity contribution is 5.80. The van der Waals surface area contributed by atoms with Crippen LogP contribution in [-0.2, 0) is 14.3 Å². The van der Waals surface area contributed by atoms with E-state index in [1.165, 1.54) is 0 Å². The number of esters is 1. The smallest absolute Gasteiger partial charge is 0.306 e. The van der Waals surface area contributed by atoms with Gasteiger partial charge in [0, 0.05) is 6.42 Å². The summed E-state index contributed by atoms with van der Waals surface area (Å²) < 4.78 is 4.97. The molecule has 0 fully saturated rings. The van der Waals surface area contributed by atoms with Gasteiger partial charge < -0.3 is 4.74 Å². The maximum Gasteiger partial charge on any atom is 0.306 e. The van der Waals surface area contributed by atoms with Crippen LogP contribution in [-0.4, -0.2) is 17.5 Å². The Hall–Kier alpha value is -1.10. The molecule has 5 heteroatoms. The van der Waals surface area contributed by atoms with E-state index in [4.69, 9.17) is 10.6 Å². The Kier molecular flexibility index (Phi) is 4.40. The lowest BCUT2D eigenvalue weighted by Crippen LogP contribution is -2.31. The normalized spacial score (nSPS) is 10.8. The summed E-state index contributed by atoms with van der Waals surface area (Å²) in [5, 5.41) is 0. The van der Waals surface area contributed by atoms with Crippen molar-refractivity contribution in [3.05, 3.63) is 0 Å². The molecule has 0 aromatic rings. The van der Waals surface area contributed by atoms with Crippen LogP contribution < -0.4 is 11.3 Å². The number of nitrogens with one attached hydrogen (secondary N) is 1. The average Bonchev–Trinajstić information content (AvgIpc) is 1.97. The van der Waals surface area contributed by atoms with Crippen LogP contribution in [0.15, 0.2) is 0 Å². The maximum atomic E-state index is 11.0. The summed E-state index contributed by atoms with van der Waals surface area (Å²) >= 11 is 0. The van der Waals surface area contributed by atoms with Gasteiger partial charge in [-0.1, -0.05) is 0 Å². The largest absolute Gasteiger partial charge is 0.460 e. The first-order valence-corrected chi connectivity index (χ1v) is 4.06. The number of hydrogen-bond acceptors (Lipinski definition) is 4. The van der Waals surface area contributed by atoms with Gasteiger partial charge in [-0.2, -0.15) is 0 Å². The molecule has 0 radical (unpaired) electrons. The number of amides is 1. The molecule has 0 aromatic heterocycles. The average molecular weight is 188 g/mol. The molecule has 3 N–H and O–H groups in total. The Labute approximate surface area is 77.6 Å². The molecule has 0 saturated carbocycles. The van der Waals surface area contributed by atoms with Crippen molar-refractivity contribution >= 4 is 11.9 Å². The summed E-state index contributed by atoms with van der Waals surface area (Å²) in [6, 6.07) is 0. The molecule has 0 aromatic carbocycles. The Balaban J connectivity index is 3.71. The molecule has 0 aliphatic carbocycles. The number of carbonyl (C=O) groups is 2. The number of carbonyl (C=O) groups excluding carboxylic acids is 2. The molecular weight excluding hydrogens is 172 g/mol. The Bertz CT molecular complexity index is 196. The first kappa shape index (κ1) is 11.9. The molecule has 5 nitrogen and oxygen atoms in total. The molecule has 0 atom stereocenters. The molecule has 13 heavy (non-hydrogen) atoms. The predicted octanol–water partition coefficient (Wildman–Crippen LogP) is 0.0982. The van der Waals surface area contributed by atoms with Crippen molar-refractivity contribution in [3.8, 4) is 0 Å². The first-order valence-electron chi connectivity index (χ1n) is 4.06. The van der Waals surface area contributed by atoms with E-state index in [1.807, 2.05) is 5.43 Å². The topological polar surface area (TPSA) is 81.4 Å². The zero-order chi connectivity index (χ0) is 10.5. The molecule has 0 heterocycles. The maximum absolute atomic E-state index is 11.0. The molecule has 0 saturated heterocycles. The third-order valence-corrected chi connectivity index (χ3v) is 1.14. The lowest BCUT2D eigenvalue weighted by molar-refractivity contribution is -0.155. The Morgan fingerprint density at radius 2 is 1.85 bits per heavy atom. The molecule has 0 bridgehead atoms. The number of nitrogens with two attached hydrogens (primary N) is 1. The summed E-state index contributed by atoms with van der Waals surface area (Å²) in [5.74, 6) is 4.07. The Morgan fingerprint density at radius 3 is 2.23 bits per heavy atom. The molecular formula is C8H16N2O3. The van der Waals surface area contributed by atoms with Crippen LogP contribution in [0.1, 0.15) is 33.6 Å². The van der Waals surface area contributed by atoms with E-state index >= 15 is 0 Å². The van der Waals surface area contributed by atoms with Crippen LogP contribution in [0, 0.1) is 0 Å². The fourth-order valence-electron chi connectivity index (χ4n) is 0.680. The van der Waals surface area contributed by atoms with E-state index in [1.54, 1.807) is 20.8 Å². The molecule has 0 aliphatic rings. The SMILES string of the molecule is CC(C)(C)OC(=O)CCC(=O)NN. The van der Waals surface area contributed by atoms with Crippen molar-refractivity contribution in [1.82, 2.24) is 5.43 Å². The van der Waals surface area contributed by atoms with E-state index < -0.39 is 11.6 Å². The highest BCUT2D eigenvalue weighted by Crippen LogP contribution is 2.08. The van der Waals surface area contributed by atoms with Crippen LogP contribution in [0.25, 0.3) is 0 Å². The lowest BCUT2D eigenvalue weighted by atomic mass is 10.2. The minimum Gasteiger partial charge on any atom is -0.460 e. The fraction of sp³-hybridized carbons (Fsp3) is 0.750. The van der Waals surface area contributed by atoms with Gasteiger partial charge in [-0.05, 0) is 20.8 Å². The van der Waals surface area contributed by atoms with Gasteiger partial charge in [0.05, 0.1) is 6.42 Å². The monoisotopic (exact) mass is 188 g/mol. The third-order valence-electron chi connectivity index (χ3n) is 1.14. The molecule has 76 valence electrons. The molecule has 0 aliphatic heterocycles.